The van der Waals surface area contributed by atoms with Crippen LogP contribution in [0.2, 0.25) is 0 Å². The third-order valence-electron chi connectivity index (χ3n) is 8.82. The van der Waals surface area contributed by atoms with Gasteiger partial charge in [-0.1, -0.05) is 26.2 Å². The van der Waals surface area contributed by atoms with E-state index in [4.69, 9.17) is 19.6 Å². The second-order valence-electron chi connectivity index (χ2n) is 9.86. The van der Waals surface area contributed by atoms with Gasteiger partial charge in [0.25, 0.3) is 0 Å². The predicted octanol–water partition coefficient (Wildman–Crippen LogP) is 5.23. The zero-order valence-electron chi connectivity index (χ0n) is 17.9. The molecule has 5 heteroatoms. The molecule has 6 atom stereocenters. The van der Waals surface area contributed by atoms with Crippen molar-refractivity contribution in [3.63, 3.8) is 0 Å². The Labute approximate surface area is 169 Å². The van der Waals surface area contributed by atoms with E-state index in [1.54, 1.807) is 0 Å². The first-order valence-electron chi connectivity index (χ1n) is 11.7. The average molecular weight is 395 g/mol. The smallest absolute Gasteiger partial charge is 0.230 e. The molecule has 4 aliphatic carbocycles. The van der Waals surface area contributed by atoms with Gasteiger partial charge in [-0.15, -0.1) is 0 Å². The number of Topliss-reactive ketones (excluding diaryl/α,β-unsaturated/α-hetero) is 1. The summed E-state index contributed by atoms with van der Waals surface area (Å²) in [7, 11) is 0. The van der Waals surface area contributed by atoms with Crippen LogP contribution in [0.25, 0.3) is 0 Å². The minimum Gasteiger partial charge on any atom is -0.299 e. The Kier molecular flexibility index (Phi) is 6.18. The second-order valence-corrected chi connectivity index (χ2v) is 9.86. The van der Waals surface area contributed by atoms with Crippen molar-refractivity contribution in [1.29, 1.82) is 0 Å². The highest BCUT2D eigenvalue weighted by atomic mass is 17.3. The molecule has 1 unspecified atom stereocenters. The summed E-state index contributed by atoms with van der Waals surface area (Å²) in [4.78, 5) is 35.5. The van der Waals surface area contributed by atoms with Crippen LogP contribution in [0.5, 0.6) is 0 Å². The largest absolute Gasteiger partial charge is 0.299 e. The molecular weight excluding hydrogens is 356 g/mol. The zero-order chi connectivity index (χ0) is 19.8. The molecule has 0 spiro atoms. The molecule has 160 valence electrons. The molecule has 4 rings (SSSR count). The first-order valence-corrected chi connectivity index (χ1v) is 11.7. The van der Waals surface area contributed by atoms with Crippen molar-refractivity contribution in [2.45, 2.75) is 91.3 Å². The number of rotatable bonds is 7. The van der Waals surface area contributed by atoms with E-state index in [-0.39, 0.29) is 11.3 Å². The first-order chi connectivity index (χ1) is 13.6. The number of hydrogen-bond acceptors (Lipinski definition) is 5. The van der Waals surface area contributed by atoms with Crippen LogP contribution < -0.4 is 0 Å². The normalized spacial score (nSPS) is 42.9. The third-order valence-corrected chi connectivity index (χ3v) is 8.82. The number of carbonyl (C=O) groups excluding carboxylic acids is 1. The summed E-state index contributed by atoms with van der Waals surface area (Å²) in [5.41, 5.74) is 0.168. The lowest BCUT2D eigenvalue weighted by Crippen LogP contribution is -2.58. The lowest BCUT2D eigenvalue weighted by Gasteiger charge is -2.59. The van der Waals surface area contributed by atoms with Gasteiger partial charge >= 0.3 is 0 Å². The molecule has 0 heterocycles. The van der Waals surface area contributed by atoms with Crippen molar-refractivity contribution in [2.75, 3.05) is 13.2 Å². The molecule has 0 N–H and O–H groups in total. The average Bonchev–Trinajstić information content (AvgIpc) is 3.13. The van der Waals surface area contributed by atoms with Crippen LogP contribution >= 0.6 is 0 Å². The molecule has 0 bridgehead atoms. The molecule has 0 aromatic rings. The van der Waals surface area contributed by atoms with Crippen molar-refractivity contribution in [1.82, 2.24) is 0 Å². The number of carbonyl (C=O) groups is 1. The van der Waals surface area contributed by atoms with Crippen molar-refractivity contribution >= 4 is 5.78 Å². The van der Waals surface area contributed by atoms with E-state index in [1.165, 1.54) is 25.7 Å². The highest BCUT2D eigenvalue weighted by Gasteiger charge is 2.64. The van der Waals surface area contributed by atoms with Gasteiger partial charge < -0.3 is 0 Å². The van der Waals surface area contributed by atoms with Crippen LogP contribution in [0.1, 0.15) is 85.0 Å². The maximum atomic E-state index is 13.4. The van der Waals surface area contributed by atoms with Crippen LogP contribution in [-0.4, -0.2) is 25.3 Å². The van der Waals surface area contributed by atoms with Gasteiger partial charge in [-0.05, 0) is 75.5 Å². The van der Waals surface area contributed by atoms with Crippen molar-refractivity contribution < 1.29 is 24.3 Å². The SMILES string of the molecule is CCOOC(OOCC)[C@@]12CCC[C@H]1[C@@H]1C(=O)CC3CCCC[C@]3(C)[C@H]1CC2. The van der Waals surface area contributed by atoms with Gasteiger partial charge in [0.1, 0.15) is 5.78 Å². The van der Waals surface area contributed by atoms with Crippen LogP contribution in [0.4, 0.5) is 0 Å². The molecule has 0 amide bonds. The second kappa shape index (κ2) is 8.33. The van der Waals surface area contributed by atoms with Crippen molar-refractivity contribution in [3.05, 3.63) is 0 Å². The first kappa shape index (κ1) is 20.8. The fourth-order valence-corrected chi connectivity index (χ4v) is 7.56. The van der Waals surface area contributed by atoms with Gasteiger partial charge in [0.05, 0.1) is 13.2 Å². The zero-order valence-corrected chi connectivity index (χ0v) is 17.9. The van der Waals surface area contributed by atoms with Gasteiger partial charge in [0.15, 0.2) is 0 Å². The van der Waals surface area contributed by atoms with E-state index in [0.717, 1.165) is 38.5 Å². The van der Waals surface area contributed by atoms with E-state index in [1.807, 2.05) is 13.8 Å². The van der Waals surface area contributed by atoms with E-state index in [2.05, 4.69) is 6.92 Å². The standard InChI is InChI=1S/C23H38O5/c1-4-25-27-21(28-26-5-2)23-13-8-10-18(23)20-17(11-14-23)22(3)12-7-6-9-16(22)15-19(20)24/h16-18,20-21H,4-15H2,1-3H3/t16?,17-,18-,20+,22-,23+/m0/s1. The van der Waals surface area contributed by atoms with Crippen LogP contribution in [0.15, 0.2) is 0 Å². The summed E-state index contributed by atoms with van der Waals surface area (Å²) >= 11 is 0. The monoisotopic (exact) mass is 394 g/mol. The molecular formula is C23H38O5. The summed E-state index contributed by atoms with van der Waals surface area (Å²) in [6.07, 6.45) is 10.8. The van der Waals surface area contributed by atoms with Crippen LogP contribution in [0, 0.1) is 34.5 Å². The fraction of sp³-hybridized carbons (Fsp3) is 0.957. The molecule has 4 saturated carbocycles. The summed E-state index contributed by atoms with van der Waals surface area (Å²) in [6.45, 7) is 7.25. The highest BCUT2D eigenvalue weighted by molar-refractivity contribution is 5.83. The Bertz CT molecular complexity index is 557. The van der Waals surface area contributed by atoms with E-state index >= 15 is 0 Å². The van der Waals surface area contributed by atoms with Crippen molar-refractivity contribution in [2.24, 2.45) is 34.5 Å². The maximum Gasteiger partial charge on any atom is 0.230 e. The summed E-state index contributed by atoms with van der Waals surface area (Å²) in [5.74, 6) is 2.11. The molecule has 0 aliphatic heterocycles. The fourth-order valence-electron chi connectivity index (χ4n) is 7.56. The molecule has 4 fully saturated rings. The van der Waals surface area contributed by atoms with Crippen LogP contribution in [-0.2, 0) is 24.3 Å². The van der Waals surface area contributed by atoms with Gasteiger partial charge in [-0.3, -0.25) is 4.79 Å². The maximum absolute atomic E-state index is 13.4. The Balaban J connectivity index is 1.63. The Morgan fingerprint density at radius 1 is 0.929 bits per heavy atom. The van der Waals surface area contributed by atoms with Crippen LogP contribution in [0.3, 0.4) is 0 Å². The van der Waals surface area contributed by atoms with E-state index in [9.17, 15) is 4.79 Å². The molecule has 4 aliphatic rings. The molecule has 5 nitrogen and oxygen atoms in total. The quantitative estimate of drug-likeness (QED) is 0.336. The lowest BCUT2D eigenvalue weighted by atomic mass is 9.45. The predicted molar refractivity (Wildman–Crippen MR) is 105 cm³/mol. The minimum absolute atomic E-state index is 0.161. The van der Waals surface area contributed by atoms with Gasteiger partial charge in [0, 0.05) is 17.8 Å². The number of fused-ring (bicyclic) bond motifs is 5. The van der Waals surface area contributed by atoms with E-state index < -0.39 is 6.29 Å². The summed E-state index contributed by atoms with van der Waals surface area (Å²) in [6, 6.07) is 0. The summed E-state index contributed by atoms with van der Waals surface area (Å²) in [5, 5.41) is 0. The molecule has 28 heavy (non-hydrogen) atoms. The van der Waals surface area contributed by atoms with Gasteiger partial charge in [-0.25, -0.2) is 19.6 Å². The Morgan fingerprint density at radius 3 is 2.39 bits per heavy atom. The number of ketones is 1. The van der Waals surface area contributed by atoms with E-state index in [0.29, 0.717) is 42.2 Å². The molecule has 0 radical (unpaired) electrons. The Hall–Kier alpha value is -0.490. The summed E-state index contributed by atoms with van der Waals surface area (Å²) < 4.78 is 0. The van der Waals surface area contributed by atoms with Gasteiger partial charge in [0.2, 0.25) is 6.29 Å². The lowest BCUT2D eigenvalue weighted by molar-refractivity contribution is -0.488. The molecule has 0 saturated heterocycles. The Morgan fingerprint density at radius 2 is 1.68 bits per heavy atom. The molecule has 0 aromatic heterocycles. The molecule has 0 aromatic carbocycles. The minimum atomic E-state index is -0.550. The highest BCUT2D eigenvalue weighted by Crippen LogP contribution is 2.66. The van der Waals surface area contributed by atoms with Crippen molar-refractivity contribution in [3.8, 4) is 0 Å². The topological polar surface area (TPSA) is 54.0 Å². The number of hydrogen-bond donors (Lipinski definition) is 0. The third kappa shape index (κ3) is 3.27. The van der Waals surface area contributed by atoms with Gasteiger partial charge in [-0.2, -0.15) is 0 Å².